The zero-order chi connectivity index (χ0) is 17.0. The van der Waals surface area contributed by atoms with E-state index in [0.717, 1.165) is 11.0 Å². The van der Waals surface area contributed by atoms with Crippen LogP contribution in [0.25, 0.3) is 11.0 Å². The monoisotopic (exact) mass is 318 g/mol. The van der Waals surface area contributed by atoms with E-state index in [0.29, 0.717) is 5.76 Å². The highest BCUT2D eigenvalue weighted by Gasteiger charge is 2.18. The van der Waals surface area contributed by atoms with Gasteiger partial charge in [-0.25, -0.2) is 4.79 Å². The minimum Gasteiger partial charge on any atom is -0.459 e. The molecular formula is C17H22N2O4. The van der Waals surface area contributed by atoms with Crippen LogP contribution in [0.3, 0.4) is 0 Å². The van der Waals surface area contributed by atoms with E-state index in [2.05, 4.69) is 10.6 Å². The minimum absolute atomic E-state index is 0.153. The van der Waals surface area contributed by atoms with Crippen molar-refractivity contribution >= 4 is 23.0 Å². The zero-order valence-electron chi connectivity index (χ0n) is 13.8. The van der Waals surface area contributed by atoms with E-state index >= 15 is 0 Å². The SMILES string of the molecule is CC(NC(=O)CNC(=O)OC(C)(C)C)c1cc2ccccc2o1. The van der Waals surface area contributed by atoms with Gasteiger partial charge < -0.3 is 19.8 Å². The summed E-state index contributed by atoms with van der Waals surface area (Å²) in [6.45, 7) is 6.95. The molecule has 1 heterocycles. The van der Waals surface area contributed by atoms with E-state index in [1.165, 1.54) is 0 Å². The fourth-order valence-electron chi connectivity index (χ4n) is 2.05. The second-order valence-electron chi connectivity index (χ2n) is 6.33. The first kappa shape index (κ1) is 16.9. The number of hydrogen-bond acceptors (Lipinski definition) is 4. The Morgan fingerprint density at radius 2 is 1.96 bits per heavy atom. The van der Waals surface area contributed by atoms with Gasteiger partial charge in [0.2, 0.25) is 5.91 Å². The van der Waals surface area contributed by atoms with E-state index in [9.17, 15) is 9.59 Å². The number of furan rings is 1. The van der Waals surface area contributed by atoms with Crippen molar-refractivity contribution in [1.29, 1.82) is 0 Å². The Bertz CT molecular complexity index is 667. The van der Waals surface area contributed by atoms with Gasteiger partial charge >= 0.3 is 6.09 Å². The van der Waals surface area contributed by atoms with Crippen molar-refractivity contribution in [2.45, 2.75) is 39.3 Å². The van der Waals surface area contributed by atoms with Gasteiger partial charge in [0, 0.05) is 5.39 Å². The lowest BCUT2D eigenvalue weighted by molar-refractivity contribution is -0.121. The van der Waals surface area contributed by atoms with E-state index in [4.69, 9.17) is 9.15 Å². The number of amides is 2. The molecule has 0 spiro atoms. The van der Waals surface area contributed by atoms with Gasteiger partial charge in [0.1, 0.15) is 23.5 Å². The number of alkyl carbamates (subject to hydrolysis) is 1. The van der Waals surface area contributed by atoms with Gasteiger partial charge in [-0.05, 0) is 39.8 Å². The standard InChI is InChI=1S/C17H22N2O4/c1-11(14-9-12-7-5-6-8-13(12)22-14)19-15(20)10-18-16(21)23-17(2,3)4/h5-9,11H,10H2,1-4H3,(H,18,21)(H,19,20). The summed E-state index contributed by atoms with van der Waals surface area (Å²) >= 11 is 0. The maximum Gasteiger partial charge on any atom is 0.408 e. The first-order chi connectivity index (χ1) is 10.7. The maximum absolute atomic E-state index is 11.9. The molecule has 1 aromatic carbocycles. The van der Waals surface area contributed by atoms with E-state index in [1.807, 2.05) is 37.3 Å². The molecule has 23 heavy (non-hydrogen) atoms. The van der Waals surface area contributed by atoms with Gasteiger partial charge in [-0.3, -0.25) is 4.79 Å². The Hall–Kier alpha value is -2.50. The molecule has 0 aliphatic heterocycles. The van der Waals surface area contributed by atoms with E-state index < -0.39 is 11.7 Å². The number of nitrogens with one attached hydrogen (secondary N) is 2. The van der Waals surface area contributed by atoms with Crippen LogP contribution in [-0.4, -0.2) is 24.1 Å². The molecule has 2 aromatic rings. The Morgan fingerprint density at radius 3 is 2.61 bits per heavy atom. The van der Waals surface area contributed by atoms with Crippen LogP contribution >= 0.6 is 0 Å². The van der Waals surface area contributed by atoms with Crippen LogP contribution in [0.15, 0.2) is 34.7 Å². The van der Waals surface area contributed by atoms with E-state index in [-0.39, 0.29) is 18.5 Å². The van der Waals surface area contributed by atoms with Crippen LogP contribution in [0.2, 0.25) is 0 Å². The normalized spacial score (nSPS) is 12.7. The molecule has 2 rings (SSSR count). The Labute approximate surface area is 135 Å². The third kappa shape index (κ3) is 5.02. The molecule has 2 amide bonds. The molecule has 1 atom stereocenters. The molecule has 1 aromatic heterocycles. The zero-order valence-corrected chi connectivity index (χ0v) is 13.8. The second-order valence-corrected chi connectivity index (χ2v) is 6.33. The molecule has 6 nitrogen and oxygen atoms in total. The van der Waals surface area contributed by atoms with Crippen LogP contribution in [0.5, 0.6) is 0 Å². The minimum atomic E-state index is -0.621. The van der Waals surface area contributed by atoms with Gasteiger partial charge in [-0.1, -0.05) is 18.2 Å². The third-order valence-electron chi connectivity index (χ3n) is 3.04. The molecule has 6 heteroatoms. The molecule has 1 unspecified atom stereocenters. The van der Waals surface area contributed by atoms with Crippen molar-refractivity contribution in [2.75, 3.05) is 6.54 Å². The average molecular weight is 318 g/mol. The number of fused-ring (bicyclic) bond motifs is 1. The highest BCUT2D eigenvalue weighted by molar-refractivity contribution is 5.83. The molecule has 0 saturated heterocycles. The van der Waals surface area contributed by atoms with Gasteiger partial charge in [0.15, 0.2) is 0 Å². The van der Waals surface area contributed by atoms with Crippen molar-refractivity contribution in [3.8, 4) is 0 Å². The lowest BCUT2D eigenvalue weighted by Crippen LogP contribution is -2.40. The summed E-state index contributed by atoms with van der Waals surface area (Å²) in [4.78, 5) is 23.4. The van der Waals surface area contributed by atoms with Crippen LogP contribution < -0.4 is 10.6 Å². The number of hydrogen-bond donors (Lipinski definition) is 2. The van der Waals surface area contributed by atoms with Crippen molar-refractivity contribution < 1.29 is 18.7 Å². The van der Waals surface area contributed by atoms with Gasteiger partial charge in [0.25, 0.3) is 0 Å². The number of rotatable bonds is 4. The summed E-state index contributed by atoms with van der Waals surface area (Å²) in [7, 11) is 0. The van der Waals surface area contributed by atoms with Crippen molar-refractivity contribution in [2.24, 2.45) is 0 Å². The molecule has 0 aliphatic carbocycles. The molecule has 0 bridgehead atoms. The Kier molecular flexibility index (Phi) is 4.93. The summed E-state index contributed by atoms with van der Waals surface area (Å²) in [6.07, 6.45) is -0.621. The van der Waals surface area contributed by atoms with Gasteiger partial charge in [0.05, 0.1) is 6.04 Å². The lowest BCUT2D eigenvalue weighted by atomic mass is 10.2. The quantitative estimate of drug-likeness (QED) is 0.907. The van der Waals surface area contributed by atoms with Crippen LogP contribution in [-0.2, 0) is 9.53 Å². The summed E-state index contributed by atoms with van der Waals surface area (Å²) < 4.78 is 10.8. The molecular weight excluding hydrogens is 296 g/mol. The topological polar surface area (TPSA) is 80.6 Å². The summed E-state index contributed by atoms with van der Waals surface area (Å²) in [6, 6.07) is 9.23. The average Bonchev–Trinajstić information content (AvgIpc) is 2.87. The van der Waals surface area contributed by atoms with Crippen LogP contribution in [0, 0.1) is 0 Å². The smallest absolute Gasteiger partial charge is 0.408 e. The highest BCUT2D eigenvalue weighted by Crippen LogP contribution is 2.23. The largest absolute Gasteiger partial charge is 0.459 e. The molecule has 0 aliphatic rings. The Balaban J connectivity index is 1.86. The number of carbonyl (C=O) groups is 2. The fraction of sp³-hybridized carbons (Fsp3) is 0.412. The predicted octanol–water partition coefficient (Wildman–Crippen LogP) is 3.13. The van der Waals surface area contributed by atoms with Crippen molar-refractivity contribution in [3.05, 3.63) is 36.1 Å². The van der Waals surface area contributed by atoms with Crippen molar-refractivity contribution in [1.82, 2.24) is 10.6 Å². The number of benzene rings is 1. The summed E-state index contributed by atoms with van der Waals surface area (Å²) in [5.41, 5.74) is 0.178. The second kappa shape index (κ2) is 6.73. The number of para-hydroxylation sites is 1. The summed E-state index contributed by atoms with van der Waals surface area (Å²) in [5.74, 6) is 0.348. The fourth-order valence-corrected chi connectivity index (χ4v) is 2.05. The first-order valence-electron chi connectivity index (χ1n) is 7.49. The van der Waals surface area contributed by atoms with Crippen molar-refractivity contribution in [3.63, 3.8) is 0 Å². The van der Waals surface area contributed by atoms with Gasteiger partial charge in [-0.2, -0.15) is 0 Å². The molecule has 0 fully saturated rings. The third-order valence-corrected chi connectivity index (χ3v) is 3.04. The molecule has 0 saturated carbocycles. The van der Waals surface area contributed by atoms with E-state index in [1.54, 1.807) is 20.8 Å². The number of carbonyl (C=O) groups excluding carboxylic acids is 2. The van der Waals surface area contributed by atoms with Crippen LogP contribution in [0.4, 0.5) is 4.79 Å². The number of ether oxygens (including phenoxy) is 1. The molecule has 124 valence electrons. The lowest BCUT2D eigenvalue weighted by Gasteiger charge is -2.19. The molecule has 0 radical (unpaired) electrons. The van der Waals surface area contributed by atoms with Crippen LogP contribution in [0.1, 0.15) is 39.5 Å². The highest BCUT2D eigenvalue weighted by atomic mass is 16.6. The van der Waals surface area contributed by atoms with Gasteiger partial charge in [-0.15, -0.1) is 0 Å². The first-order valence-corrected chi connectivity index (χ1v) is 7.49. The Morgan fingerprint density at radius 1 is 1.26 bits per heavy atom. The predicted molar refractivity (Wildman–Crippen MR) is 87.0 cm³/mol. The summed E-state index contributed by atoms with van der Waals surface area (Å²) in [5, 5.41) is 6.17. The maximum atomic E-state index is 11.9. The molecule has 2 N–H and O–H groups in total.